The number of hydrogen-bond acceptors (Lipinski definition) is 4. The van der Waals surface area contributed by atoms with Crippen molar-refractivity contribution < 1.29 is 23.8 Å². The van der Waals surface area contributed by atoms with E-state index >= 15 is 0 Å². The summed E-state index contributed by atoms with van der Waals surface area (Å²) in [6.07, 6.45) is 1.31. The predicted molar refractivity (Wildman–Crippen MR) is 91.2 cm³/mol. The van der Waals surface area contributed by atoms with Gasteiger partial charge in [0.1, 0.15) is 22.3 Å². The van der Waals surface area contributed by atoms with Crippen molar-refractivity contribution in [3.8, 4) is 17.4 Å². The average Bonchev–Trinajstić information content (AvgIpc) is 2.44. The highest BCUT2D eigenvalue weighted by atomic mass is 127. The quantitative estimate of drug-likeness (QED) is 0.664. The van der Waals surface area contributed by atoms with Gasteiger partial charge >= 0.3 is 5.97 Å². The first-order chi connectivity index (χ1) is 10.8. The van der Waals surface area contributed by atoms with E-state index in [1.165, 1.54) is 18.3 Å². The van der Waals surface area contributed by atoms with Gasteiger partial charge < -0.3 is 14.6 Å². The summed E-state index contributed by atoms with van der Waals surface area (Å²) in [5, 5.41) is 9.14. The Kier molecular flexibility index (Phi) is 5.64. The van der Waals surface area contributed by atoms with Crippen molar-refractivity contribution in [1.29, 1.82) is 0 Å². The molecule has 0 unspecified atom stereocenters. The fourth-order valence-corrected chi connectivity index (χ4v) is 2.45. The molecule has 5 nitrogen and oxygen atoms in total. The topological polar surface area (TPSA) is 68.7 Å². The summed E-state index contributed by atoms with van der Waals surface area (Å²) >= 11 is 7.92. The fraction of sp³-hybridized carbons (Fsp3) is 0.200. The minimum atomic E-state index is -1.34. The number of halogens is 3. The molecule has 0 fully saturated rings. The number of hydrogen-bond donors (Lipinski definition) is 1. The summed E-state index contributed by atoms with van der Waals surface area (Å²) in [7, 11) is 0. The Morgan fingerprint density at radius 3 is 2.65 bits per heavy atom. The van der Waals surface area contributed by atoms with Gasteiger partial charge in [-0.25, -0.2) is 14.2 Å². The van der Waals surface area contributed by atoms with Crippen molar-refractivity contribution in [3.05, 3.63) is 44.4 Å². The van der Waals surface area contributed by atoms with E-state index in [1.807, 2.05) is 36.4 Å². The van der Waals surface area contributed by atoms with Crippen LogP contribution in [0.1, 0.15) is 24.2 Å². The number of nitrogens with zero attached hydrogens (tertiary/aromatic N) is 1. The summed E-state index contributed by atoms with van der Waals surface area (Å²) < 4.78 is 25.1. The van der Waals surface area contributed by atoms with Gasteiger partial charge in [0, 0.05) is 12.1 Å². The van der Waals surface area contributed by atoms with Gasteiger partial charge in [-0.05, 0) is 42.5 Å². The van der Waals surface area contributed by atoms with Crippen molar-refractivity contribution in [2.24, 2.45) is 0 Å². The van der Waals surface area contributed by atoms with Crippen LogP contribution in [0.15, 0.2) is 24.4 Å². The molecule has 0 aliphatic rings. The summed E-state index contributed by atoms with van der Waals surface area (Å²) in [5.41, 5.74) is -0.418. The summed E-state index contributed by atoms with van der Waals surface area (Å²) in [6.45, 7) is 3.69. The number of ether oxygens (including phenoxy) is 2. The molecule has 0 amide bonds. The third kappa shape index (κ3) is 4.44. The first-order valence-corrected chi connectivity index (χ1v) is 7.96. The molecule has 1 aromatic carbocycles. The largest absolute Gasteiger partial charge is 0.478 e. The van der Waals surface area contributed by atoms with Crippen LogP contribution < -0.4 is 9.47 Å². The number of carbonyl (C=O) groups is 1. The lowest BCUT2D eigenvalue weighted by Crippen LogP contribution is -2.07. The lowest BCUT2D eigenvalue weighted by atomic mass is 10.2. The maximum absolute atomic E-state index is 13.7. The smallest absolute Gasteiger partial charge is 0.338 e. The molecule has 0 aliphatic heterocycles. The fourth-order valence-electron chi connectivity index (χ4n) is 1.67. The molecule has 0 bridgehead atoms. The monoisotopic (exact) mass is 451 g/mol. The minimum Gasteiger partial charge on any atom is -0.478 e. The highest BCUT2D eigenvalue weighted by Gasteiger charge is 2.16. The Balaban J connectivity index is 2.27. The Labute approximate surface area is 150 Å². The summed E-state index contributed by atoms with van der Waals surface area (Å²) in [4.78, 5) is 14.9. The second-order valence-electron chi connectivity index (χ2n) is 4.79. The van der Waals surface area contributed by atoms with Gasteiger partial charge in [0.2, 0.25) is 5.88 Å². The first-order valence-electron chi connectivity index (χ1n) is 6.50. The third-order valence-corrected chi connectivity index (χ3v) is 3.72. The number of benzene rings is 1. The average molecular weight is 452 g/mol. The predicted octanol–water partition coefficient (Wildman–Crippen LogP) is 4.76. The van der Waals surface area contributed by atoms with Crippen molar-refractivity contribution in [2.75, 3.05) is 0 Å². The van der Waals surface area contributed by atoms with E-state index in [2.05, 4.69) is 4.98 Å². The van der Waals surface area contributed by atoms with Crippen molar-refractivity contribution in [1.82, 2.24) is 4.98 Å². The van der Waals surface area contributed by atoms with Crippen LogP contribution in [-0.2, 0) is 0 Å². The number of aromatic carboxylic acids is 1. The van der Waals surface area contributed by atoms with Gasteiger partial charge in [-0.15, -0.1) is 0 Å². The molecule has 2 aromatic rings. The molecule has 8 heteroatoms. The van der Waals surface area contributed by atoms with Gasteiger partial charge in [0.15, 0.2) is 0 Å². The zero-order valence-corrected chi connectivity index (χ0v) is 15.1. The second-order valence-corrected chi connectivity index (χ2v) is 6.36. The Morgan fingerprint density at radius 1 is 1.39 bits per heavy atom. The van der Waals surface area contributed by atoms with Crippen LogP contribution in [-0.4, -0.2) is 22.2 Å². The van der Waals surface area contributed by atoms with Crippen molar-refractivity contribution in [3.63, 3.8) is 0 Å². The summed E-state index contributed by atoms with van der Waals surface area (Å²) in [5.74, 6) is -1.50. The molecule has 23 heavy (non-hydrogen) atoms. The normalized spacial score (nSPS) is 10.7. The highest BCUT2D eigenvalue weighted by molar-refractivity contribution is 14.1. The first kappa shape index (κ1) is 17.7. The molecule has 2 rings (SSSR count). The van der Waals surface area contributed by atoms with E-state index in [0.29, 0.717) is 3.57 Å². The number of carboxylic acid groups (broad SMARTS) is 1. The van der Waals surface area contributed by atoms with E-state index in [-0.39, 0.29) is 28.5 Å². The zero-order chi connectivity index (χ0) is 17.1. The molecular weight excluding hydrogens is 440 g/mol. The molecule has 0 radical (unpaired) electrons. The van der Waals surface area contributed by atoms with Gasteiger partial charge in [-0.2, -0.15) is 0 Å². The molecule has 1 heterocycles. The molecule has 0 saturated carbocycles. The Bertz CT molecular complexity index is 754. The van der Waals surface area contributed by atoms with Crippen LogP contribution in [0.3, 0.4) is 0 Å². The van der Waals surface area contributed by atoms with Gasteiger partial charge in [0.05, 0.1) is 21.4 Å². The second kappa shape index (κ2) is 7.31. The third-order valence-electron chi connectivity index (χ3n) is 2.61. The maximum atomic E-state index is 13.7. The van der Waals surface area contributed by atoms with Crippen LogP contribution in [0.2, 0.25) is 5.02 Å². The molecular formula is C15H12ClFINO4. The molecule has 0 spiro atoms. The van der Waals surface area contributed by atoms with Crippen LogP contribution in [0.5, 0.6) is 17.4 Å². The molecule has 1 aromatic heterocycles. The Morgan fingerprint density at radius 2 is 2.09 bits per heavy atom. The standard InChI is InChI=1S/C15H12ClFINO4/c1-7(2)22-14-10(16)3-8(6-19-14)23-13-5-11(17)9(15(20)21)4-12(13)18/h3-7H,1-2H3,(H,20,21). The highest BCUT2D eigenvalue weighted by Crippen LogP contribution is 2.32. The van der Waals surface area contributed by atoms with Gasteiger partial charge in [-0.3, -0.25) is 0 Å². The molecule has 1 N–H and O–H groups in total. The van der Waals surface area contributed by atoms with Gasteiger partial charge in [0.25, 0.3) is 0 Å². The maximum Gasteiger partial charge on any atom is 0.338 e. The van der Waals surface area contributed by atoms with Crippen LogP contribution in [0.25, 0.3) is 0 Å². The van der Waals surface area contributed by atoms with Crippen molar-refractivity contribution >= 4 is 40.2 Å². The Hall–Kier alpha value is -1.61. The van der Waals surface area contributed by atoms with E-state index in [0.717, 1.165) is 6.07 Å². The lowest BCUT2D eigenvalue weighted by Gasteiger charge is -2.12. The van der Waals surface area contributed by atoms with Crippen LogP contribution in [0.4, 0.5) is 4.39 Å². The van der Waals surface area contributed by atoms with E-state index in [4.69, 9.17) is 26.2 Å². The zero-order valence-electron chi connectivity index (χ0n) is 12.1. The van der Waals surface area contributed by atoms with Crippen LogP contribution >= 0.6 is 34.2 Å². The SMILES string of the molecule is CC(C)Oc1ncc(Oc2cc(F)c(C(=O)O)cc2I)cc1Cl. The molecule has 122 valence electrons. The van der Waals surface area contributed by atoms with E-state index < -0.39 is 17.3 Å². The number of aromatic nitrogens is 1. The number of pyridine rings is 1. The van der Waals surface area contributed by atoms with Gasteiger partial charge in [-0.1, -0.05) is 11.6 Å². The van der Waals surface area contributed by atoms with E-state index in [9.17, 15) is 9.18 Å². The molecule has 0 atom stereocenters. The van der Waals surface area contributed by atoms with Crippen molar-refractivity contribution in [2.45, 2.75) is 20.0 Å². The van der Waals surface area contributed by atoms with Crippen LogP contribution in [0, 0.1) is 9.39 Å². The minimum absolute atomic E-state index is 0.0784. The number of rotatable bonds is 5. The lowest BCUT2D eigenvalue weighted by molar-refractivity contribution is 0.0691. The molecule has 0 saturated heterocycles. The number of carboxylic acids is 1. The van der Waals surface area contributed by atoms with E-state index in [1.54, 1.807) is 0 Å². The summed E-state index contributed by atoms with van der Waals surface area (Å²) in [6, 6.07) is 3.70. The molecule has 0 aliphatic carbocycles.